The molecule has 46 heavy (non-hydrogen) atoms. The van der Waals surface area contributed by atoms with Gasteiger partial charge in [0, 0.05) is 27.1 Å². The van der Waals surface area contributed by atoms with E-state index < -0.39 is 35.0 Å². The quantitative estimate of drug-likeness (QED) is 0.139. The van der Waals surface area contributed by atoms with E-state index in [9.17, 15) is 41.3 Å². The molecule has 12 heteroatoms. The van der Waals surface area contributed by atoms with Gasteiger partial charge in [-0.25, -0.2) is 17.6 Å². The molecular weight excluding hydrogens is 629 g/mol. The molecular formula is C34H13F7N4S. The number of fused-ring (bicyclic) bond motifs is 7. The van der Waals surface area contributed by atoms with Crippen LogP contribution in [0.25, 0.3) is 64.0 Å². The van der Waals surface area contributed by atoms with Gasteiger partial charge in [0.2, 0.25) is 12.4 Å². The summed E-state index contributed by atoms with van der Waals surface area (Å²) >= 11 is 1.21. The van der Waals surface area contributed by atoms with E-state index in [1.807, 2.05) is 0 Å². The smallest absolute Gasteiger partial charge is 0.207 e. The van der Waals surface area contributed by atoms with Crippen molar-refractivity contribution < 1.29 is 30.7 Å². The second-order valence-electron chi connectivity index (χ2n) is 10.5. The minimum atomic E-state index is -5.22. The third-order valence-electron chi connectivity index (χ3n) is 8.02. The Morgan fingerprint density at radius 3 is 1.39 bits per heavy atom. The van der Waals surface area contributed by atoms with Gasteiger partial charge in [-0.3, -0.25) is 0 Å². The Morgan fingerprint density at radius 2 is 1.00 bits per heavy atom. The lowest BCUT2D eigenvalue weighted by Crippen LogP contribution is -2.11. The summed E-state index contributed by atoms with van der Waals surface area (Å²) in [5.41, 5.74) is -1.28. The van der Waals surface area contributed by atoms with Crippen molar-refractivity contribution in [3.63, 3.8) is 0 Å². The molecule has 0 radical (unpaired) electrons. The van der Waals surface area contributed by atoms with Gasteiger partial charge < -0.3 is 0 Å². The van der Waals surface area contributed by atoms with E-state index in [4.69, 9.17) is 0 Å². The molecule has 0 aliphatic heterocycles. The number of thiophene rings is 1. The van der Waals surface area contributed by atoms with Crippen LogP contribution in [0.1, 0.15) is 11.1 Å². The Balaban J connectivity index is 1.51. The zero-order valence-electron chi connectivity index (χ0n) is 23.1. The zero-order chi connectivity index (χ0) is 32.7. The Labute approximate surface area is 257 Å². The standard InChI is InChI=1S/C34H13F7N4S/c1-14-23(35)8-17(9-24(14)36)15-2-4-19-21(6-15)30(44-12-42)32-27(19)28-20-5-3-16(7-22(20)31(45-13-43)33(28)46-32)18-10-25(37)29(26(38)11-18)34(39,40)41/h2-11H,1H3. The highest BCUT2D eigenvalue weighted by Gasteiger charge is 2.38. The first-order valence-corrected chi connectivity index (χ1v) is 14.2. The number of alkyl halides is 3. The zero-order valence-corrected chi connectivity index (χ0v) is 23.9. The second kappa shape index (κ2) is 10.2. The highest BCUT2D eigenvalue weighted by Crippen LogP contribution is 2.43. The topological polar surface area (TPSA) is 72.3 Å². The molecule has 0 fully saturated rings. The van der Waals surface area contributed by atoms with Gasteiger partial charge in [0.15, 0.2) is 0 Å². The monoisotopic (exact) mass is 642 g/mol. The van der Waals surface area contributed by atoms with E-state index >= 15 is 0 Å². The molecule has 0 amide bonds. The number of rotatable bonds is 2. The van der Waals surface area contributed by atoms with Crippen LogP contribution >= 0.6 is 11.3 Å². The van der Waals surface area contributed by atoms with Crippen molar-refractivity contribution in [3.8, 4) is 34.6 Å². The van der Waals surface area contributed by atoms with Crippen LogP contribution in [0.4, 0.5) is 30.7 Å². The predicted molar refractivity (Wildman–Crippen MR) is 160 cm³/mol. The highest BCUT2D eigenvalue weighted by atomic mass is 32.1. The Morgan fingerprint density at radius 1 is 0.587 bits per heavy atom. The van der Waals surface area contributed by atoms with Crippen molar-refractivity contribution in [1.29, 1.82) is 10.5 Å². The first-order chi connectivity index (χ1) is 21.9. The van der Waals surface area contributed by atoms with E-state index in [-0.39, 0.29) is 27.6 Å². The Hall–Kier alpha value is -5.59. The van der Waals surface area contributed by atoms with Crippen molar-refractivity contribution >= 4 is 53.1 Å². The summed E-state index contributed by atoms with van der Waals surface area (Å²) in [4.78, 5) is 8.05. The van der Waals surface area contributed by atoms with Crippen LogP contribution in [0.15, 0.2) is 70.6 Å². The molecule has 224 valence electrons. The molecule has 7 rings (SSSR count). The molecule has 0 unspecified atom stereocenters. The highest BCUT2D eigenvalue weighted by molar-refractivity contribution is 7.26. The third-order valence-corrected chi connectivity index (χ3v) is 9.23. The normalized spacial score (nSPS) is 13.0. The average Bonchev–Trinajstić information content (AvgIpc) is 3.61. The summed E-state index contributed by atoms with van der Waals surface area (Å²) in [6.45, 7) is 1.33. The lowest BCUT2D eigenvalue weighted by atomic mass is 9.99. The van der Waals surface area contributed by atoms with Crippen molar-refractivity contribution in [2.75, 3.05) is 0 Å². The minimum Gasteiger partial charge on any atom is -0.207 e. The third kappa shape index (κ3) is 4.25. The molecule has 0 bridgehead atoms. The van der Waals surface area contributed by atoms with Crippen LogP contribution in [0.2, 0.25) is 0 Å². The lowest BCUT2D eigenvalue weighted by molar-refractivity contribution is -0.142. The Bertz CT molecular complexity index is 2620. The number of hydrogen-bond donors (Lipinski definition) is 0. The molecule has 7 aromatic rings. The number of hydrogen-bond acceptors (Lipinski definition) is 5. The fourth-order valence-corrected chi connectivity index (χ4v) is 7.28. The van der Waals surface area contributed by atoms with Crippen LogP contribution in [-0.4, -0.2) is 0 Å². The number of benzene rings is 4. The summed E-state index contributed by atoms with van der Waals surface area (Å²) in [5, 5.41) is 23.2. The van der Waals surface area contributed by atoms with Crippen LogP contribution < -0.4 is 10.7 Å². The van der Waals surface area contributed by atoms with Gasteiger partial charge in [0.1, 0.15) is 39.5 Å². The fourth-order valence-electron chi connectivity index (χ4n) is 5.94. The minimum absolute atomic E-state index is 0.111. The van der Waals surface area contributed by atoms with Gasteiger partial charge in [-0.1, -0.05) is 24.3 Å². The van der Waals surface area contributed by atoms with Crippen LogP contribution in [0, 0.1) is 53.1 Å². The van der Waals surface area contributed by atoms with E-state index in [1.165, 1.54) is 42.5 Å². The molecule has 0 N–H and O–H groups in total. The molecule has 0 aliphatic rings. The SMILES string of the molecule is Cc1c(F)cc(-c2ccc3c(c2)c(=NC#N)c2sc4c(=NC#N)c5cc(-c6cc(F)c(C(F)(F)F)c(F)c6)ccc5c4c23)cc1F. The Kier molecular flexibility index (Phi) is 6.48. The van der Waals surface area contributed by atoms with Gasteiger partial charge in [-0.2, -0.15) is 33.7 Å². The molecule has 0 saturated carbocycles. The largest absolute Gasteiger partial charge is 0.422 e. The van der Waals surface area contributed by atoms with Gasteiger partial charge >= 0.3 is 6.18 Å². The number of nitriles is 2. The van der Waals surface area contributed by atoms with Gasteiger partial charge in [-0.05, 0) is 76.3 Å². The maximum Gasteiger partial charge on any atom is 0.422 e. The maximum absolute atomic E-state index is 14.4. The van der Waals surface area contributed by atoms with Crippen molar-refractivity contribution in [1.82, 2.24) is 0 Å². The van der Waals surface area contributed by atoms with Crippen LogP contribution in [0.5, 0.6) is 0 Å². The van der Waals surface area contributed by atoms with E-state index in [2.05, 4.69) is 9.98 Å². The summed E-state index contributed by atoms with van der Waals surface area (Å²) in [7, 11) is 0. The van der Waals surface area contributed by atoms with E-state index in [1.54, 1.807) is 36.7 Å². The van der Waals surface area contributed by atoms with Gasteiger partial charge in [0.25, 0.3) is 0 Å². The van der Waals surface area contributed by atoms with Crippen LogP contribution in [-0.2, 0) is 6.18 Å². The number of halogens is 7. The number of nitrogens with zero attached hydrogens (tertiary/aromatic N) is 4. The maximum atomic E-state index is 14.4. The van der Waals surface area contributed by atoms with Gasteiger partial charge in [-0.15, -0.1) is 11.3 Å². The van der Waals surface area contributed by atoms with E-state index in [0.29, 0.717) is 64.8 Å². The van der Waals surface area contributed by atoms with Crippen LogP contribution in [0.3, 0.4) is 0 Å². The van der Waals surface area contributed by atoms with E-state index in [0.717, 1.165) is 0 Å². The summed E-state index contributed by atoms with van der Waals surface area (Å²) in [6.07, 6.45) is -1.66. The molecule has 0 atom stereocenters. The first-order valence-electron chi connectivity index (χ1n) is 13.4. The molecule has 0 spiro atoms. The van der Waals surface area contributed by atoms with Crippen molar-refractivity contribution in [2.24, 2.45) is 9.98 Å². The molecule has 0 saturated heterocycles. The first kappa shape index (κ1) is 29.1. The lowest BCUT2D eigenvalue weighted by Gasteiger charge is -2.11. The molecule has 1 aromatic heterocycles. The molecule has 0 aliphatic carbocycles. The van der Waals surface area contributed by atoms with Gasteiger partial charge in [0.05, 0.1) is 9.40 Å². The average molecular weight is 643 g/mol. The molecule has 1 heterocycles. The fraction of sp³-hybridized carbons (Fsp3) is 0.0588. The second-order valence-corrected chi connectivity index (χ2v) is 11.6. The molecule has 6 aromatic carbocycles. The van der Waals surface area contributed by atoms with Crippen molar-refractivity contribution in [3.05, 3.63) is 106 Å². The summed E-state index contributed by atoms with van der Waals surface area (Å²) in [6, 6.07) is 13.4. The predicted octanol–water partition coefficient (Wildman–Crippen LogP) is 9.22. The summed E-state index contributed by atoms with van der Waals surface area (Å²) in [5.74, 6) is -4.94. The van der Waals surface area contributed by atoms with Crippen molar-refractivity contribution in [2.45, 2.75) is 13.1 Å². The summed E-state index contributed by atoms with van der Waals surface area (Å²) < 4.78 is 98.2. The molecule has 4 nitrogen and oxygen atoms in total.